The van der Waals surface area contributed by atoms with Crippen LogP contribution in [0.5, 0.6) is 0 Å². The Hall–Kier alpha value is -1.44. The molecular formula is C13H14F3N3S. The van der Waals surface area contributed by atoms with Crippen LogP contribution in [0, 0.1) is 6.92 Å². The molecule has 1 unspecified atom stereocenters. The van der Waals surface area contributed by atoms with Crippen LogP contribution >= 0.6 is 11.3 Å². The molecule has 108 valence electrons. The fourth-order valence-electron chi connectivity index (χ4n) is 1.89. The molecule has 20 heavy (non-hydrogen) atoms. The highest BCUT2D eigenvalue weighted by atomic mass is 32.1. The van der Waals surface area contributed by atoms with Gasteiger partial charge in [0, 0.05) is 11.8 Å². The van der Waals surface area contributed by atoms with Crippen molar-refractivity contribution in [2.45, 2.75) is 25.6 Å². The van der Waals surface area contributed by atoms with Gasteiger partial charge in [-0.05, 0) is 24.6 Å². The standard InChI is InChI=1S/C13H14F3N3S/c1-8-18-11(7-20-8)6-12(19-17)9-2-4-10(5-3-9)13(14,15)16/h2-5,7,12,19H,6,17H2,1H3. The average Bonchev–Trinajstić information content (AvgIpc) is 2.81. The quantitative estimate of drug-likeness (QED) is 0.673. The number of rotatable bonds is 4. The summed E-state index contributed by atoms with van der Waals surface area (Å²) in [5.41, 5.74) is 3.52. The summed E-state index contributed by atoms with van der Waals surface area (Å²) in [5.74, 6) is 5.49. The maximum absolute atomic E-state index is 12.5. The molecule has 0 saturated heterocycles. The van der Waals surface area contributed by atoms with Crippen LogP contribution in [0.2, 0.25) is 0 Å². The van der Waals surface area contributed by atoms with Gasteiger partial charge in [0.25, 0.3) is 0 Å². The topological polar surface area (TPSA) is 50.9 Å². The van der Waals surface area contributed by atoms with Gasteiger partial charge in [-0.25, -0.2) is 4.98 Å². The van der Waals surface area contributed by atoms with Crippen molar-refractivity contribution in [3.63, 3.8) is 0 Å². The number of nitrogens with zero attached hydrogens (tertiary/aromatic N) is 1. The summed E-state index contributed by atoms with van der Waals surface area (Å²) < 4.78 is 37.5. The van der Waals surface area contributed by atoms with E-state index in [0.29, 0.717) is 12.0 Å². The molecule has 7 heteroatoms. The van der Waals surface area contributed by atoms with E-state index in [9.17, 15) is 13.2 Å². The zero-order valence-electron chi connectivity index (χ0n) is 10.7. The van der Waals surface area contributed by atoms with Crippen molar-refractivity contribution < 1.29 is 13.2 Å². The average molecular weight is 301 g/mol. The molecule has 1 heterocycles. The lowest BCUT2D eigenvalue weighted by Crippen LogP contribution is -2.29. The minimum absolute atomic E-state index is 0.265. The van der Waals surface area contributed by atoms with Crippen molar-refractivity contribution >= 4 is 11.3 Å². The molecule has 2 aromatic rings. The van der Waals surface area contributed by atoms with E-state index >= 15 is 0 Å². The van der Waals surface area contributed by atoms with Crippen LogP contribution in [-0.4, -0.2) is 4.98 Å². The van der Waals surface area contributed by atoms with Crippen molar-refractivity contribution in [1.29, 1.82) is 0 Å². The van der Waals surface area contributed by atoms with E-state index < -0.39 is 11.7 Å². The minimum Gasteiger partial charge on any atom is -0.271 e. The van der Waals surface area contributed by atoms with Gasteiger partial charge in [0.15, 0.2) is 0 Å². The summed E-state index contributed by atoms with van der Waals surface area (Å²) >= 11 is 1.53. The molecule has 0 amide bonds. The molecule has 3 nitrogen and oxygen atoms in total. The molecule has 0 fully saturated rings. The Morgan fingerprint density at radius 3 is 2.40 bits per heavy atom. The second kappa shape index (κ2) is 5.90. The number of nitrogens with two attached hydrogens (primary N) is 1. The number of aromatic nitrogens is 1. The number of thiazole rings is 1. The van der Waals surface area contributed by atoms with Gasteiger partial charge in [0.2, 0.25) is 0 Å². The predicted molar refractivity (Wildman–Crippen MR) is 72.1 cm³/mol. The van der Waals surface area contributed by atoms with E-state index in [1.807, 2.05) is 12.3 Å². The van der Waals surface area contributed by atoms with E-state index in [4.69, 9.17) is 5.84 Å². The summed E-state index contributed by atoms with van der Waals surface area (Å²) in [6.07, 6.45) is -3.79. The maximum Gasteiger partial charge on any atom is 0.416 e. The van der Waals surface area contributed by atoms with Crippen LogP contribution in [-0.2, 0) is 12.6 Å². The van der Waals surface area contributed by atoms with Crippen molar-refractivity contribution in [3.8, 4) is 0 Å². The Kier molecular flexibility index (Phi) is 4.42. The first-order valence-corrected chi connectivity index (χ1v) is 6.82. The second-order valence-corrected chi connectivity index (χ2v) is 5.46. The van der Waals surface area contributed by atoms with Gasteiger partial charge in [0.1, 0.15) is 0 Å². The van der Waals surface area contributed by atoms with Crippen molar-refractivity contribution in [1.82, 2.24) is 10.4 Å². The Labute approximate surface area is 118 Å². The van der Waals surface area contributed by atoms with Gasteiger partial charge in [-0.15, -0.1) is 11.3 Å². The molecule has 0 radical (unpaired) electrons. The van der Waals surface area contributed by atoms with Crippen molar-refractivity contribution in [3.05, 3.63) is 51.5 Å². The molecule has 1 atom stereocenters. The fourth-order valence-corrected chi connectivity index (χ4v) is 2.51. The van der Waals surface area contributed by atoms with Crippen LogP contribution in [0.4, 0.5) is 13.2 Å². The van der Waals surface area contributed by atoms with E-state index in [1.165, 1.54) is 23.5 Å². The number of hydrazine groups is 1. The Bertz CT molecular complexity index is 563. The molecule has 0 aliphatic rings. The number of hydrogen-bond acceptors (Lipinski definition) is 4. The molecule has 1 aromatic heterocycles. The molecule has 0 aliphatic carbocycles. The summed E-state index contributed by atoms with van der Waals surface area (Å²) in [6, 6.07) is 4.73. The highest BCUT2D eigenvalue weighted by Crippen LogP contribution is 2.30. The van der Waals surface area contributed by atoms with Gasteiger partial charge in [-0.3, -0.25) is 11.3 Å². The third-order valence-electron chi connectivity index (χ3n) is 2.92. The van der Waals surface area contributed by atoms with Gasteiger partial charge in [-0.2, -0.15) is 13.2 Å². The molecular weight excluding hydrogens is 287 g/mol. The van der Waals surface area contributed by atoms with Crippen molar-refractivity contribution in [2.24, 2.45) is 5.84 Å². The van der Waals surface area contributed by atoms with Gasteiger partial charge in [-0.1, -0.05) is 12.1 Å². The summed E-state index contributed by atoms with van der Waals surface area (Å²) in [6.45, 7) is 1.90. The van der Waals surface area contributed by atoms with Crippen molar-refractivity contribution in [2.75, 3.05) is 0 Å². The summed E-state index contributed by atoms with van der Waals surface area (Å²) in [5, 5.41) is 2.87. The lowest BCUT2D eigenvalue weighted by molar-refractivity contribution is -0.137. The van der Waals surface area contributed by atoms with Gasteiger partial charge in [0.05, 0.1) is 22.3 Å². The summed E-state index contributed by atoms with van der Waals surface area (Å²) in [4.78, 5) is 4.32. The molecule has 3 N–H and O–H groups in total. The first-order valence-electron chi connectivity index (χ1n) is 5.94. The summed E-state index contributed by atoms with van der Waals surface area (Å²) in [7, 11) is 0. The zero-order valence-corrected chi connectivity index (χ0v) is 11.6. The number of nitrogens with one attached hydrogen (secondary N) is 1. The Morgan fingerprint density at radius 2 is 1.95 bits per heavy atom. The Balaban J connectivity index is 2.15. The smallest absolute Gasteiger partial charge is 0.271 e. The van der Waals surface area contributed by atoms with Crippen LogP contribution in [0.1, 0.15) is 27.9 Å². The fraction of sp³-hybridized carbons (Fsp3) is 0.308. The minimum atomic E-state index is -4.32. The lowest BCUT2D eigenvalue weighted by atomic mass is 10.0. The SMILES string of the molecule is Cc1nc(CC(NN)c2ccc(C(F)(F)F)cc2)cs1. The van der Waals surface area contributed by atoms with Gasteiger partial charge < -0.3 is 0 Å². The molecule has 0 bridgehead atoms. The lowest BCUT2D eigenvalue weighted by Gasteiger charge is -2.16. The van der Waals surface area contributed by atoms with E-state index in [1.54, 1.807) is 0 Å². The van der Waals surface area contributed by atoms with E-state index in [-0.39, 0.29) is 6.04 Å². The number of alkyl halides is 3. The maximum atomic E-state index is 12.5. The van der Waals surface area contributed by atoms with E-state index in [2.05, 4.69) is 10.4 Å². The largest absolute Gasteiger partial charge is 0.416 e. The third kappa shape index (κ3) is 3.56. The third-order valence-corrected chi connectivity index (χ3v) is 3.74. The second-order valence-electron chi connectivity index (χ2n) is 4.40. The highest BCUT2D eigenvalue weighted by molar-refractivity contribution is 7.09. The van der Waals surface area contributed by atoms with Crippen LogP contribution < -0.4 is 11.3 Å². The van der Waals surface area contributed by atoms with E-state index in [0.717, 1.165) is 22.8 Å². The zero-order chi connectivity index (χ0) is 14.8. The molecule has 1 aromatic carbocycles. The van der Waals surface area contributed by atoms with Crippen LogP contribution in [0.3, 0.4) is 0 Å². The number of aryl methyl sites for hydroxylation is 1. The predicted octanol–water partition coefficient (Wildman–Crippen LogP) is 3.22. The van der Waals surface area contributed by atoms with Crippen LogP contribution in [0.15, 0.2) is 29.6 Å². The molecule has 0 saturated carbocycles. The number of halogens is 3. The Morgan fingerprint density at radius 1 is 1.30 bits per heavy atom. The number of benzene rings is 1. The monoisotopic (exact) mass is 301 g/mol. The first-order chi connectivity index (χ1) is 9.40. The molecule has 0 aliphatic heterocycles. The molecule has 2 rings (SSSR count). The first kappa shape index (κ1) is 15.0. The normalized spacial score (nSPS) is 13.4. The van der Waals surface area contributed by atoms with Crippen LogP contribution in [0.25, 0.3) is 0 Å². The number of hydrogen-bond donors (Lipinski definition) is 2. The highest BCUT2D eigenvalue weighted by Gasteiger charge is 2.30. The molecule has 0 spiro atoms. The van der Waals surface area contributed by atoms with Gasteiger partial charge >= 0.3 is 6.18 Å².